The molecule has 0 aliphatic rings. The summed E-state index contributed by atoms with van der Waals surface area (Å²) >= 11 is 0. The first kappa shape index (κ1) is 20.7. The minimum absolute atomic E-state index is 0. The second kappa shape index (κ2) is 8.35. The third-order valence-electron chi connectivity index (χ3n) is 2.76. The number of carbonyl (C=O) groups is 1. The van der Waals surface area contributed by atoms with Crippen LogP contribution in [-0.4, -0.2) is 21.8 Å². The van der Waals surface area contributed by atoms with Crippen LogP contribution in [0.4, 0.5) is 0 Å². The molecule has 0 aliphatic carbocycles. The summed E-state index contributed by atoms with van der Waals surface area (Å²) in [5, 5.41) is 10.4. The average Bonchev–Trinajstić information content (AvgIpc) is 2.92. The summed E-state index contributed by atoms with van der Waals surface area (Å²) in [7, 11) is 0. The maximum Gasteiger partial charge on any atom is 0.351 e. The van der Waals surface area contributed by atoms with Gasteiger partial charge in [-0.05, 0) is 24.3 Å². The Bertz CT molecular complexity index is 821. The predicted molar refractivity (Wildman–Crippen MR) is 73.5 cm³/mol. The summed E-state index contributed by atoms with van der Waals surface area (Å²) in [6.07, 6.45) is 1.31. The third-order valence-corrected chi connectivity index (χ3v) is 2.76. The Hall–Kier alpha value is -1.32. The van der Waals surface area contributed by atoms with E-state index >= 15 is 0 Å². The number of carbonyl (C=O) groups excluding carboxylic acids is 1. The maximum atomic E-state index is 12.1. The van der Waals surface area contributed by atoms with Gasteiger partial charge in [0.2, 0.25) is 5.78 Å². The van der Waals surface area contributed by atoms with E-state index in [0.29, 0.717) is 5.39 Å². The van der Waals surface area contributed by atoms with Crippen LogP contribution in [-0.2, 0) is 0 Å². The SMILES string of the molecule is O.O.O=C(c1ccco1)c1c(O)c2ccccc2oc1=O.[Eu]. The van der Waals surface area contributed by atoms with E-state index in [-0.39, 0.29) is 71.7 Å². The standard InChI is InChI=1S/C14H8O5.Eu.2H2O/c15-12-8-4-1-2-5-9(8)19-14(17)11(12)13(16)10-6-3-7-18-10;;;/h1-7,15H;;2*1H2. The predicted octanol–water partition coefficient (Wildman–Crippen LogP) is 0.673. The van der Waals surface area contributed by atoms with E-state index in [1.165, 1.54) is 24.5 Å². The second-order valence-electron chi connectivity index (χ2n) is 3.92. The van der Waals surface area contributed by atoms with Gasteiger partial charge in [0.15, 0.2) is 11.3 Å². The van der Waals surface area contributed by atoms with E-state index < -0.39 is 22.7 Å². The molecular weight excluding hydrogens is 432 g/mol. The van der Waals surface area contributed by atoms with Crippen molar-refractivity contribution in [1.82, 2.24) is 0 Å². The minimum Gasteiger partial charge on any atom is -0.506 e. The largest absolute Gasteiger partial charge is 0.506 e. The Labute approximate surface area is 164 Å². The van der Waals surface area contributed by atoms with Gasteiger partial charge in [-0.15, -0.1) is 0 Å². The van der Waals surface area contributed by atoms with E-state index in [0.717, 1.165) is 0 Å². The van der Waals surface area contributed by atoms with Crippen molar-refractivity contribution in [2.75, 3.05) is 0 Å². The van der Waals surface area contributed by atoms with Gasteiger partial charge in [0.1, 0.15) is 11.3 Å². The number of aromatic hydroxyl groups is 1. The molecule has 8 heteroatoms. The van der Waals surface area contributed by atoms with Crippen LogP contribution in [0.1, 0.15) is 16.1 Å². The number of hydrogen-bond acceptors (Lipinski definition) is 5. The molecule has 1 radical (unpaired) electrons. The molecule has 0 saturated heterocycles. The van der Waals surface area contributed by atoms with Crippen molar-refractivity contribution in [1.29, 1.82) is 0 Å². The molecule has 22 heavy (non-hydrogen) atoms. The van der Waals surface area contributed by atoms with Crippen molar-refractivity contribution >= 4 is 16.8 Å². The van der Waals surface area contributed by atoms with Crippen molar-refractivity contribution in [3.8, 4) is 5.75 Å². The summed E-state index contributed by atoms with van der Waals surface area (Å²) < 4.78 is 9.95. The van der Waals surface area contributed by atoms with Gasteiger partial charge in [0.25, 0.3) is 0 Å². The topological polar surface area (TPSA) is 144 Å². The number of para-hydroxylation sites is 1. The van der Waals surface area contributed by atoms with Crippen molar-refractivity contribution in [2.45, 2.75) is 0 Å². The van der Waals surface area contributed by atoms with Crippen molar-refractivity contribution in [3.63, 3.8) is 0 Å². The molecule has 0 amide bonds. The molecule has 0 unspecified atom stereocenters. The van der Waals surface area contributed by atoms with Gasteiger partial charge in [0.05, 0.1) is 11.6 Å². The minimum atomic E-state index is -0.891. The molecule has 7 nitrogen and oxygen atoms in total. The molecule has 0 bridgehead atoms. The van der Waals surface area contributed by atoms with Gasteiger partial charge in [0, 0.05) is 49.4 Å². The molecule has 2 aromatic heterocycles. The Morgan fingerprint density at radius 2 is 1.73 bits per heavy atom. The van der Waals surface area contributed by atoms with Gasteiger partial charge in [-0.3, -0.25) is 4.79 Å². The smallest absolute Gasteiger partial charge is 0.351 e. The molecule has 3 aromatic rings. The maximum absolute atomic E-state index is 12.1. The number of rotatable bonds is 2. The quantitative estimate of drug-likeness (QED) is 0.457. The Kier molecular flexibility index (Phi) is 7.85. The van der Waals surface area contributed by atoms with Crippen LogP contribution in [0.2, 0.25) is 0 Å². The molecule has 0 fully saturated rings. The van der Waals surface area contributed by atoms with Crippen LogP contribution in [0, 0.1) is 49.4 Å². The zero-order valence-electron chi connectivity index (χ0n) is 11.0. The van der Waals surface area contributed by atoms with Crippen LogP contribution in [0.5, 0.6) is 5.75 Å². The van der Waals surface area contributed by atoms with E-state index in [9.17, 15) is 14.7 Å². The number of furan rings is 1. The van der Waals surface area contributed by atoms with Gasteiger partial charge in [-0.25, -0.2) is 4.79 Å². The van der Waals surface area contributed by atoms with Gasteiger partial charge < -0.3 is 24.9 Å². The first-order chi connectivity index (χ1) is 9.18. The summed E-state index contributed by atoms with van der Waals surface area (Å²) in [6.45, 7) is 0. The van der Waals surface area contributed by atoms with Crippen molar-refractivity contribution in [3.05, 3.63) is 64.4 Å². The van der Waals surface area contributed by atoms with E-state index in [1.54, 1.807) is 18.2 Å². The average molecular weight is 444 g/mol. The van der Waals surface area contributed by atoms with Crippen LogP contribution in [0.15, 0.2) is 56.3 Å². The Balaban J connectivity index is 0.00000147. The zero-order valence-corrected chi connectivity index (χ0v) is 13.4. The summed E-state index contributed by atoms with van der Waals surface area (Å²) in [4.78, 5) is 23.9. The van der Waals surface area contributed by atoms with Crippen LogP contribution in [0.25, 0.3) is 11.0 Å². The van der Waals surface area contributed by atoms with Crippen LogP contribution in [0.3, 0.4) is 0 Å². The first-order valence-electron chi connectivity index (χ1n) is 5.51. The molecule has 0 atom stereocenters. The van der Waals surface area contributed by atoms with E-state index in [4.69, 9.17) is 8.83 Å². The van der Waals surface area contributed by atoms with Gasteiger partial charge in [-0.2, -0.15) is 0 Å². The zero-order chi connectivity index (χ0) is 13.4. The Morgan fingerprint density at radius 1 is 1.05 bits per heavy atom. The first-order valence-corrected chi connectivity index (χ1v) is 5.51. The molecule has 1 aromatic carbocycles. The van der Waals surface area contributed by atoms with E-state index in [2.05, 4.69) is 0 Å². The van der Waals surface area contributed by atoms with Crippen molar-refractivity contribution in [2.24, 2.45) is 0 Å². The fraction of sp³-hybridized carbons (Fsp3) is 0. The number of fused-ring (bicyclic) bond motifs is 1. The molecule has 0 aliphatic heterocycles. The third kappa shape index (κ3) is 3.53. The summed E-state index contributed by atoms with van der Waals surface area (Å²) in [6, 6.07) is 9.37. The van der Waals surface area contributed by atoms with Crippen molar-refractivity contribution < 1.29 is 79.1 Å². The van der Waals surface area contributed by atoms with Crippen LogP contribution >= 0.6 is 0 Å². The monoisotopic (exact) mass is 445 g/mol. The van der Waals surface area contributed by atoms with Crippen LogP contribution < -0.4 is 5.63 Å². The molecular formula is C14H12EuO7. The molecule has 0 saturated carbocycles. The van der Waals surface area contributed by atoms with Gasteiger partial charge >= 0.3 is 5.63 Å². The van der Waals surface area contributed by atoms with Gasteiger partial charge in [-0.1, -0.05) is 12.1 Å². The summed E-state index contributed by atoms with van der Waals surface area (Å²) in [5.74, 6) is -1.13. The fourth-order valence-corrected chi connectivity index (χ4v) is 1.86. The molecule has 0 spiro atoms. The number of benzene rings is 1. The number of ketones is 1. The second-order valence-corrected chi connectivity index (χ2v) is 3.92. The molecule has 3 rings (SSSR count). The summed E-state index contributed by atoms with van der Waals surface area (Å²) in [5.41, 5.74) is -1.09. The Morgan fingerprint density at radius 3 is 2.36 bits per heavy atom. The normalized spacial score (nSPS) is 9.27. The van der Waals surface area contributed by atoms with E-state index in [1.807, 2.05) is 0 Å². The molecule has 5 N–H and O–H groups in total. The molecule has 2 heterocycles. The molecule has 117 valence electrons. The number of hydrogen-bond donors (Lipinski definition) is 1. The fourth-order valence-electron chi connectivity index (χ4n) is 1.86.